The van der Waals surface area contributed by atoms with Crippen LogP contribution in [-0.2, 0) is 14.3 Å². The third kappa shape index (κ3) is 5.02. The average Bonchev–Trinajstić information content (AvgIpc) is 3.29. The van der Waals surface area contributed by atoms with E-state index < -0.39 is 35.7 Å². The van der Waals surface area contributed by atoms with Crippen LogP contribution in [0.15, 0.2) is 50.6 Å². The van der Waals surface area contributed by atoms with Gasteiger partial charge in [0.05, 0.1) is 6.10 Å². The molecule has 3 heterocycles. The maximum atomic E-state index is 12.5. The second-order valence-corrected chi connectivity index (χ2v) is 8.64. The van der Waals surface area contributed by atoms with Gasteiger partial charge in [-0.05, 0) is 24.3 Å². The monoisotopic (exact) mass is 469 g/mol. The van der Waals surface area contributed by atoms with E-state index in [1.165, 1.54) is 23.3 Å². The van der Waals surface area contributed by atoms with Crippen LogP contribution in [0.25, 0.3) is 22.6 Å². The summed E-state index contributed by atoms with van der Waals surface area (Å²) in [7, 11) is 0. The van der Waals surface area contributed by atoms with Crippen molar-refractivity contribution in [1.82, 2.24) is 14.7 Å². The fraction of sp³-hybridized carbons (Fsp3) is 0.417. The number of rotatable bonds is 6. The number of nitrogens with one attached hydrogen (secondary N) is 1. The predicted molar refractivity (Wildman–Crippen MR) is 122 cm³/mol. The number of ether oxygens (including phenoxy) is 2. The minimum atomic E-state index is -0.840. The lowest BCUT2D eigenvalue weighted by atomic mass is 10.0. The van der Waals surface area contributed by atoms with Crippen molar-refractivity contribution >= 4 is 5.97 Å². The standard InChI is InChI=1S/C24H27N3O7/c1-13(2)15-4-6-16(7-5-15)18-10-20(34-26-18)17-11-27(24(31)25-23(17)30)22-9-8-19(29)21(33-22)12-32-14(3)28/h4-7,10-11,13,19,21-22,29H,8-9,12H2,1-3H3,(H,25,30,31)/t19-,21+,22+/m0/s1. The number of aliphatic hydroxyl groups is 1. The molecule has 3 atom stereocenters. The summed E-state index contributed by atoms with van der Waals surface area (Å²) in [6, 6.07) is 9.54. The van der Waals surface area contributed by atoms with Crippen LogP contribution in [-0.4, -0.2) is 44.6 Å². The zero-order chi connectivity index (χ0) is 24.4. The SMILES string of the molecule is CC(=O)OC[C@H]1O[C@@H](n2cc(-c3cc(-c4ccc(C(C)C)cc4)no3)c(=O)[nH]c2=O)CC[C@@H]1O. The van der Waals surface area contributed by atoms with Crippen LogP contribution in [0.3, 0.4) is 0 Å². The summed E-state index contributed by atoms with van der Waals surface area (Å²) in [4.78, 5) is 38.5. The van der Waals surface area contributed by atoms with Crippen molar-refractivity contribution in [2.24, 2.45) is 0 Å². The number of hydrogen-bond donors (Lipinski definition) is 2. The van der Waals surface area contributed by atoms with Crippen LogP contribution in [0.2, 0.25) is 0 Å². The molecule has 10 heteroatoms. The molecule has 0 spiro atoms. The van der Waals surface area contributed by atoms with Crippen molar-refractivity contribution in [1.29, 1.82) is 0 Å². The summed E-state index contributed by atoms with van der Waals surface area (Å²) >= 11 is 0. The Kier molecular flexibility index (Phi) is 6.80. The van der Waals surface area contributed by atoms with Gasteiger partial charge in [0.15, 0.2) is 5.76 Å². The molecule has 1 aromatic carbocycles. The molecule has 3 aromatic rings. The van der Waals surface area contributed by atoms with Crippen molar-refractivity contribution in [3.63, 3.8) is 0 Å². The molecule has 2 aromatic heterocycles. The summed E-state index contributed by atoms with van der Waals surface area (Å²) in [6.07, 6.45) is -0.386. The topological polar surface area (TPSA) is 137 Å². The molecule has 1 saturated heterocycles. The third-order valence-corrected chi connectivity index (χ3v) is 5.85. The number of aromatic nitrogens is 3. The van der Waals surface area contributed by atoms with E-state index in [9.17, 15) is 19.5 Å². The highest BCUT2D eigenvalue weighted by atomic mass is 16.6. The van der Waals surface area contributed by atoms with E-state index in [1.807, 2.05) is 24.3 Å². The van der Waals surface area contributed by atoms with Gasteiger partial charge >= 0.3 is 11.7 Å². The summed E-state index contributed by atoms with van der Waals surface area (Å²) in [5.41, 5.74) is 1.42. The molecular weight excluding hydrogens is 442 g/mol. The van der Waals surface area contributed by atoms with Gasteiger partial charge in [0.25, 0.3) is 5.56 Å². The van der Waals surface area contributed by atoms with Crippen LogP contribution < -0.4 is 11.2 Å². The Morgan fingerprint density at radius 2 is 2.00 bits per heavy atom. The fourth-order valence-corrected chi connectivity index (χ4v) is 3.87. The fourth-order valence-electron chi connectivity index (χ4n) is 3.87. The first-order valence-electron chi connectivity index (χ1n) is 11.1. The second kappa shape index (κ2) is 9.78. The highest BCUT2D eigenvalue weighted by Crippen LogP contribution is 2.29. The molecular formula is C24H27N3O7. The lowest BCUT2D eigenvalue weighted by Gasteiger charge is -2.34. The summed E-state index contributed by atoms with van der Waals surface area (Å²) in [5.74, 6) is 0.102. The number of hydrogen-bond acceptors (Lipinski definition) is 8. The van der Waals surface area contributed by atoms with E-state index in [4.69, 9.17) is 14.0 Å². The van der Waals surface area contributed by atoms with E-state index in [0.717, 1.165) is 5.56 Å². The Hall–Kier alpha value is -3.50. The molecule has 0 amide bonds. The van der Waals surface area contributed by atoms with E-state index >= 15 is 0 Å². The largest absolute Gasteiger partial charge is 0.463 e. The number of benzene rings is 1. The number of aromatic amines is 1. The van der Waals surface area contributed by atoms with E-state index in [0.29, 0.717) is 24.5 Å². The molecule has 34 heavy (non-hydrogen) atoms. The van der Waals surface area contributed by atoms with Crippen LogP contribution in [0, 0.1) is 0 Å². The summed E-state index contributed by atoms with van der Waals surface area (Å²) in [5, 5.41) is 14.2. The molecule has 1 aliphatic heterocycles. The molecule has 0 bridgehead atoms. The second-order valence-electron chi connectivity index (χ2n) is 8.64. The number of carbonyl (C=O) groups excluding carboxylic acids is 1. The normalized spacial score (nSPS) is 20.4. The first-order valence-corrected chi connectivity index (χ1v) is 11.1. The van der Waals surface area contributed by atoms with Gasteiger partial charge in [-0.3, -0.25) is 19.1 Å². The highest BCUT2D eigenvalue weighted by molar-refractivity contribution is 5.66. The molecule has 4 rings (SSSR count). The quantitative estimate of drug-likeness (QED) is 0.526. The lowest BCUT2D eigenvalue weighted by molar-refractivity contribution is -0.176. The minimum absolute atomic E-state index is 0.114. The van der Waals surface area contributed by atoms with Crippen molar-refractivity contribution in [2.75, 3.05) is 6.61 Å². The summed E-state index contributed by atoms with van der Waals surface area (Å²) < 4.78 is 17.4. The van der Waals surface area contributed by atoms with Gasteiger partial charge in [-0.25, -0.2) is 4.79 Å². The average molecular weight is 469 g/mol. The van der Waals surface area contributed by atoms with Crippen LogP contribution in [0.5, 0.6) is 0 Å². The molecule has 2 N–H and O–H groups in total. The van der Waals surface area contributed by atoms with Gasteiger partial charge < -0.3 is 19.1 Å². The Labute approximate surface area is 195 Å². The van der Waals surface area contributed by atoms with E-state index in [2.05, 4.69) is 24.0 Å². The highest BCUT2D eigenvalue weighted by Gasteiger charge is 2.32. The number of H-pyrrole nitrogens is 1. The number of carbonyl (C=O) groups is 1. The van der Waals surface area contributed by atoms with Gasteiger partial charge in [-0.1, -0.05) is 43.3 Å². The Morgan fingerprint density at radius 3 is 2.68 bits per heavy atom. The zero-order valence-electron chi connectivity index (χ0n) is 19.2. The van der Waals surface area contributed by atoms with Crippen molar-refractivity contribution in [3.8, 4) is 22.6 Å². The lowest BCUT2D eigenvalue weighted by Crippen LogP contribution is -2.43. The van der Waals surface area contributed by atoms with Gasteiger partial charge in [-0.2, -0.15) is 0 Å². The van der Waals surface area contributed by atoms with Crippen LogP contribution in [0.1, 0.15) is 51.3 Å². The molecule has 1 fully saturated rings. The number of esters is 1. The first kappa shape index (κ1) is 23.7. The molecule has 180 valence electrons. The van der Waals surface area contributed by atoms with Gasteiger partial charge in [-0.15, -0.1) is 0 Å². The Morgan fingerprint density at radius 1 is 1.26 bits per heavy atom. The minimum Gasteiger partial charge on any atom is -0.463 e. The van der Waals surface area contributed by atoms with E-state index in [-0.39, 0.29) is 17.9 Å². The first-order chi connectivity index (χ1) is 16.2. The van der Waals surface area contributed by atoms with Crippen molar-refractivity contribution < 1.29 is 23.9 Å². The molecule has 1 aliphatic rings. The Balaban J connectivity index is 1.61. The van der Waals surface area contributed by atoms with Crippen LogP contribution >= 0.6 is 0 Å². The van der Waals surface area contributed by atoms with Gasteiger partial charge in [0, 0.05) is 24.8 Å². The zero-order valence-corrected chi connectivity index (χ0v) is 19.2. The predicted octanol–water partition coefficient (Wildman–Crippen LogP) is 2.58. The molecule has 0 unspecified atom stereocenters. The van der Waals surface area contributed by atoms with E-state index in [1.54, 1.807) is 6.07 Å². The Bertz CT molecular complexity index is 1270. The smallest absolute Gasteiger partial charge is 0.330 e. The van der Waals surface area contributed by atoms with Crippen molar-refractivity contribution in [2.45, 2.75) is 58.0 Å². The van der Waals surface area contributed by atoms with Crippen LogP contribution in [0.4, 0.5) is 0 Å². The molecule has 0 saturated carbocycles. The maximum Gasteiger partial charge on any atom is 0.330 e. The maximum absolute atomic E-state index is 12.5. The van der Waals surface area contributed by atoms with Crippen molar-refractivity contribution in [3.05, 3.63) is 62.9 Å². The van der Waals surface area contributed by atoms with Gasteiger partial charge in [0.2, 0.25) is 0 Å². The summed E-state index contributed by atoms with van der Waals surface area (Å²) in [6.45, 7) is 5.34. The molecule has 0 radical (unpaired) electrons. The molecule has 0 aliphatic carbocycles. The third-order valence-electron chi connectivity index (χ3n) is 5.85. The number of nitrogens with zero attached hydrogens (tertiary/aromatic N) is 2. The number of aliphatic hydroxyl groups excluding tert-OH is 1. The molecule has 10 nitrogen and oxygen atoms in total. The van der Waals surface area contributed by atoms with Gasteiger partial charge in [0.1, 0.15) is 30.2 Å².